The monoisotopic (exact) mass is 389 g/mol. The van der Waals surface area contributed by atoms with E-state index in [1.54, 1.807) is 16.4 Å². The van der Waals surface area contributed by atoms with Crippen molar-refractivity contribution in [1.29, 1.82) is 0 Å². The average molecular weight is 389 g/mol. The summed E-state index contributed by atoms with van der Waals surface area (Å²) in [6, 6.07) is 11.1. The first kappa shape index (κ1) is 18.1. The van der Waals surface area contributed by atoms with Crippen molar-refractivity contribution in [3.63, 3.8) is 0 Å². The maximum Gasteiger partial charge on any atom is 0.246 e. The summed E-state index contributed by atoms with van der Waals surface area (Å²) < 4.78 is 44.4. The molecule has 2 aliphatic rings. The minimum absolute atomic E-state index is 0.134. The van der Waals surface area contributed by atoms with Gasteiger partial charge >= 0.3 is 0 Å². The fraction of sp³-hybridized carbons (Fsp3) is 0.400. The van der Waals surface area contributed by atoms with Gasteiger partial charge in [0.2, 0.25) is 16.8 Å². The maximum atomic E-state index is 13.2. The third kappa shape index (κ3) is 3.37. The Hall–Kier alpha value is -2.25. The van der Waals surface area contributed by atoms with E-state index in [0.717, 1.165) is 29.0 Å². The molecule has 1 fully saturated rings. The number of sulfonamides is 1. The summed E-state index contributed by atoms with van der Waals surface area (Å²) in [5, 5.41) is 0. The second-order valence-electron chi connectivity index (χ2n) is 6.84. The van der Waals surface area contributed by atoms with Crippen LogP contribution in [-0.4, -0.2) is 39.2 Å². The Morgan fingerprint density at radius 2 is 1.96 bits per heavy atom. The first-order valence-electron chi connectivity index (χ1n) is 9.12. The summed E-state index contributed by atoms with van der Waals surface area (Å²) in [7, 11) is -3.61. The minimum Gasteiger partial charge on any atom is -0.492 e. The molecule has 0 unspecified atom stereocenters. The molecular weight excluding hydrogens is 366 g/mol. The van der Waals surface area contributed by atoms with E-state index in [9.17, 15) is 8.42 Å². The van der Waals surface area contributed by atoms with Gasteiger partial charge in [-0.05, 0) is 61.6 Å². The molecule has 1 atom stereocenters. The zero-order valence-corrected chi connectivity index (χ0v) is 16.3. The summed E-state index contributed by atoms with van der Waals surface area (Å²) in [5.74, 6) is 2.01. The van der Waals surface area contributed by atoms with Crippen LogP contribution in [0, 0.1) is 6.92 Å². The van der Waals surface area contributed by atoms with Gasteiger partial charge in [0.05, 0.1) is 6.61 Å². The van der Waals surface area contributed by atoms with Gasteiger partial charge < -0.3 is 14.2 Å². The van der Waals surface area contributed by atoms with Crippen LogP contribution in [0.25, 0.3) is 0 Å². The second-order valence-corrected chi connectivity index (χ2v) is 8.75. The van der Waals surface area contributed by atoms with Crippen molar-refractivity contribution in [3.8, 4) is 17.2 Å². The van der Waals surface area contributed by atoms with E-state index in [-0.39, 0.29) is 17.6 Å². The smallest absolute Gasteiger partial charge is 0.246 e. The number of rotatable bonds is 5. The van der Waals surface area contributed by atoms with Crippen LogP contribution in [0.15, 0.2) is 41.3 Å². The molecule has 0 N–H and O–H groups in total. The molecule has 0 spiro atoms. The first-order chi connectivity index (χ1) is 13.0. The zero-order chi connectivity index (χ0) is 19.0. The van der Waals surface area contributed by atoms with Crippen LogP contribution in [-0.2, 0) is 10.0 Å². The van der Waals surface area contributed by atoms with Crippen LogP contribution in [0.3, 0.4) is 0 Å². The average Bonchev–Trinajstić information content (AvgIpc) is 3.32. The molecule has 7 heteroatoms. The Bertz CT molecular complexity index is 957. The number of ether oxygens (including phenoxy) is 3. The normalized spacial score (nSPS) is 19.4. The molecule has 0 bridgehead atoms. The molecule has 0 saturated carbocycles. The van der Waals surface area contributed by atoms with Crippen molar-refractivity contribution in [3.05, 3.63) is 47.5 Å². The predicted octanol–water partition coefficient (Wildman–Crippen LogP) is 3.30. The Morgan fingerprint density at radius 1 is 1.15 bits per heavy atom. The maximum absolute atomic E-state index is 13.2. The van der Waals surface area contributed by atoms with E-state index < -0.39 is 10.0 Å². The van der Waals surface area contributed by atoms with Crippen molar-refractivity contribution in [2.24, 2.45) is 0 Å². The number of hydrogen-bond donors (Lipinski definition) is 0. The van der Waals surface area contributed by atoms with Crippen LogP contribution in [0.1, 0.15) is 30.4 Å². The lowest BCUT2D eigenvalue weighted by molar-refractivity contribution is 0.174. The number of benzene rings is 2. The summed E-state index contributed by atoms with van der Waals surface area (Å²) >= 11 is 0. The van der Waals surface area contributed by atoms with Gasteiger partial charge in [-0.3, -0.25) is 0 Å². The molecule has 0 amide bonds. The van der Waals surface area contributed by atoms with Crippen LogP contribution in [0.4, 0.5) is 0 Å². The molecule has 0 radical (unpaired) electrons. The predicted molar refractivity (Wildman–Crippen MR) is 101 cm³/mol. The van der Waals surface area contributed by atoms with Gasteiger partial charge in [0, 0.05) is 13.1 Å². The van der Waals surface area contributed by atoms with Crippen LogP contribution < -0.4 is 14.2 Å². The van der Waals surface area contributed by atoms with E-state index in [1.807, 2.05) is 38.1 Å². The Labute approximate surface area is 159 Å². The highest BCUT2D eigenvalue weighted by atomic mass is 32.2. The van der Waals surface area contributed by atoms with Gasteiger partial charge in [-0.15, -0.1) is 0 Å². The second kappa shape index (κ2) is 7.05. The van der Waals surface area contributed by atoms with Gasteiger partial charge in [-0.25, -0.2) is 8.42 Å². The lowest BCUT2D eigenvalue weighted by Gasteiger charge is -2.19. The third-order valence-electron chi connectivity index (χ3n) is 5.04. The highest BCUT2D eigenvalue weighted by Crippen LogP contribution is 2.39. The first-order valence-corrected chi connectivity index (χ1v) is 10.6. The summed E-state index contributed by atoms with van der Waals surface area (Å²) in [6.07, 6.45) is 0.772. The third-order valence-corrected chi connectivity index (χ3v) is 6.92. The molecule has 0 aromatic heterocycles. The van der Waals surface area contributed by atoms with Gasteiger partial charge in [0.1, 0.15) is 10.6 Å². The van der Waals surface area contributed by atoms with Crippen LogP contribution >= 0.6 is 0 Å². The molecule has 27 heavy (non-hydrogen) atoms. The van der Waals surface area contributed by atoms with Gasteiger partial charge in [-0.1, -0.05) is 12.1 Å². The fourth-order valence-corrected chi connectivity index (χ4v) is 5.33. The van der Waals surface area contributed by atoms with Crippen LogP contribution in [0.5, 0.6) is 17.2 Å². The topological polar surface area (TPSA) is 65.1 Å². The largest absolute Gasteiger partial charge is 0.492 e. The Kier molecular flexibility index (Phi) is 4.74. The molecule has 2 heterocycles. The lowest BCUT2D eigenvalue weighted by Crippen LogP contribution is -2.29. The highest BCUT2D eigenvalue weighted by molar-refractivity contribution is 7.89. The van der Waals surface area contributed by atoms with Crippen molar-refractivity contribution in [2.45, 2.75) is 31.1 Å². The zero-order valence-electron chi connectivity index (χ0n) is 15.5. The number of nitrogens with zero attached hydrogens (tertiary/aromatic N) is 1. The molecule has 0 aliphatic carbocycles. The summed E-state index contributed by atoms with van der Waals surface area (Å²) in [5.41, 5.74) is 1.97. The van der Waals surface area contributed by atoms with Crippen molar-refractivity contribution in [2.75, 3.05) is 26.5 Å². The molecule has 1 saturated heterocycles. The van der Waals surface area contributed by atoms with E-state index in [0.29, 0.717) is 25.4 Å². The Balaban J connectivity index is 1.59. The van der Waals surface area contributed by atoms with Crippen molar-refractivity contribution >= 4 is 10.0 Å². The van der Waals surface area contributed by atoms with Crippen LogP contribution in [0.2, 0.25) is 0 Å². The summed E-state index contributed by atoms with van der Waals surface area (Å²) in [4.78, 5) is 0.246. The molecule has 4 rings (SSSR count). The lowest BCUT2D eigenvalue weighted by atomic mass is 9.98. The molecule has 2 aromatic carbocycles. The van der Waals surface area contributed by atoms with E-state index in [1.165, 1.54) is 0 Å². The van der Waals surface area contributed by atoms with Gasteiger partial charge in [-0.2, -0.15) is 4.31 Å². The summed E-state index contributed by atoms with van der Waals surface area (Å²) in [6.45, 7) is 5.32. The number of aryl methyl sites for hydroxylation is 1. The van der Waals surface area contributed by atoms with E-state index in [4.69, 9.17) is 14.2 Å². The molecule has 2 aliphatic heterocycles. The Morgan fingerprint density at radius 3 is 2.78 bits per heavy atom. The standard InChI is InChI=1S/C20H23NO5S/c1-3-24-18-6-4-14(2)10-20(18)27(22,23)21-9-8-16(12-21)15-5-7-17-19(11-15)26-13-25-17/h4-7,10-11,16H,3,8-9,12-13H2,1-2H3/t16-/m0/s1. The van der Waals surface area contributed by atoms with Gasteiger partial charge in [0.15, 0.2) is 11.5 Å². The molecule has 2 aromatic rings. The van der Waals surface area contributed by atoms with E-state index in [2.05, 4.69) is 0 Å². The molecular formula is C20H23NO5S. The molecule has 6 nitrogen and oxygen atoms in total. The number of hydrogen-bond acceptors (Lipinski definition) is 5. The number of fused-ring (bicyclic) bond motifs is 1. The SMILES string of the molecule is CCOc1ccc(C)cc1S(=O)(=O)N1CC[C@H](c2ccc3c(c2)OCO3)C1. The molecule has 144 valence electrons. The highest BCUT2D eigenvalue weighted by Gasteiger charge is 2.35. The van der Waals surface area contributed by atoms with Gasteiger partial charge in [0.25, 0.3) is 0 Å². The minimum atomic E-state index is -3.61. The quantitative estimate of drug-likeness (QED) is 0.785. The van der Waals surface area contributed by atoms with E-state index >= 15 is 0 Å². The van der Waals surface area contributed by atoms with Crippen molar-refractivity contribution in [1.82, 2.24) is 4.31 Å². The van der Waals surface area contributed by atoms with Crippen molar-refractivity contribution < 1.29 is 22.6 Å². The fourth-order valence-electron chi connectivity index (χ4n) is 3.62.